The summed E-state index contributed by atoms with van der Waals surface area (Å²) in [6, 6.07) is 8.18. The number of aromatic nitrogens is 1. The van der Waals surface area contributed by atoms with Crippen LogP contribution in [0.2, 0.25) is 0 Å². The molecule has 1 aromatic heterocycles. The molecule has 5 heteroatoms. The van der Waals surface area contributed by atoms with Crippen LogP contribution in [0, 0.1) is 0 Å². The van der Waals surface area contributed by atoms with Gasteiger partial charge in [-0.25, -0.2) is 0 Å². The SMILES string of the molecule is CC(=O)N(CCc1c[nH]c2ccccc12)C1(C(=O)NC(C)(C)C)CCCC1. The first-order chi connectivity index (χ1) is 12.7. The lowest BCUT2D eigenvalue weighted by Crippen LogP contribution is -2.62. The highest BCUT2D eigenvalue weighted by Gasteiger charge is 2.48. The standard InChI is InChI=1S/C22H31N3O2/c1-16(26)25(14-11-17-15-23-19-10-6-5-9-18(17)19)22(12-7-8-13-22)20(27)24-21(2,3)4/h5-6,9-10,15,23H,7-8,11-14H2,1-4H3,(H,24,27). The summed E-state index contributed by atoms with van der Waals surface area (Å²) in [4.78, 5) is 30.9. The maximum Gasteiger partial charge on any atom is 0.246 e. The average Bonchev–Trinajstić information content (AvgIpc) is 3.22. The van der Waals surface area contributed by atoms with E-state index in [1.54, 1.807) is 6.92 Å². The molecule has 0 atom stereocenters. The number of amides is 2. The minimum absolute atomic E-state index is 0.0124. The Morgan fingerprint density at radius 2 is 1.85 bits per heavy atom. The summed E-state index contributed by atoms with van der Waals surface area (Å²) < 4.78 is 0. The predicted molar refractivity (Wildman–Crippen MR) is 108 cm³/mol. The lowest BCUT2D eigenvalue weighted by molar-refractivity contribution is -0.147. The summed E-state index contributed by atoms with van der Waals surface area (Å²) in [6.45, 7) is 8.08. The number of H-pyrrole nitrogens is 1. The Kier molecular flexibility index (Phi) is 5.31. The van der Waals surface area contributed by atoms with E-state index >= 15 is 0 Å². The van der Waals surface area contributed by atoms with Crippen LogP contribution in [0.4, 0.5) is 0 Å². The van der Waals surface area contributed by atoms with Crippen LogP contribution >= 0.6 is 0 Å². The first-order valence-electron chi connectivity index (χ1n) is 9.89. The molecule has 5 nitrogen and oxygen atoms in total. The number of nitrogens with zero attached hydrogens (tertiary/aromatic N) is 1. The summed E-state index contributed by atoms with van der Waals surface area (Å²) >= 11 is 0. The molecule has 2 N–H and O–H groups in total. The molecule has 2 amide bonds. The number of benzene rings is 1. The van der Waals surface area contributed by atoms with E-state index in [0.29, 0.717) is 6.54 Å². The summed E-state index contributed by atoms with van der Waals surface area (Å²) in [7, 11) is 0. The highest BCUT2D eigenvalue weighted by Crippen LogP contribution is 2.36. The number of hydrogen-bond acceptors (Lipinski definition) is 2. The minimum atomic E-state index is -0.717. The molecule has 146 valence electrons. The maximum absolute atomic E-state index is 13.2. The summed E-state index contributed by atoms with van der Waals surface area (Å²) in [5.41, 5.74) is 1.25. The van der Waals surface area contributed by atoms with Gasteiger partial charge < -0.3 is 15.2 Å². The average molecular weight is 370 g/mol. The van der Waals surface area contributed by atoms with Gasteiger partial charge >= 0.3 is 0 Å². The molecule has 0 unspecified atom stereocenters. The fourth-order valence-corrected chi connectivity index (χ4v) is 4.28. The van der Waals surface area contributed by atoms with Crippen LogP contribution < -0.4 is 5.32 Å². The first kappa shape index (κ1) is 19.5. The predicted octanol–water partition coefficient (Wildman–Crippen LogP) is 3.79. The number of para-hydroxylation sites is 1. The first-order valence-corrected chi connectivity index (χ1v) is 9.89. The molecule has 0 spiro atoms. The molecule has 0 saturated heterocycles. The Labute approximate surface area is 161 Å². The van der Waals surface area contributed by atoms with Gasteiger partial charge in [-0.1, -0.05) is 31.0 Å². The Balaban J connectivity index is 1.84. The van der Waals surface area contributed by atoms with Crippen LogP contribution in [0.25, 0.3) is 10.9 Å². The molecule has 2 aromatic rings. The molecule has 0 aliphatic heterocycles. The van der Waals surface area contributed by atoms with E-state index in [4.69, 9.17) is 0 Å². The molecule has 0 bridgehead atoms. The van der Waals surface area contributed by atoms with Gasteiger partial charge in [-0.05, 0) is 51.7 Å². The zero-order chi connectivity index (χ0) is 19.7. The van der Waals surface area contributed by atoms with Crippen LogP contribution in [-0.2, 0) is 16.0 Å². The van der Waals surface area contributed by atoms with E-state index < -0.39 is 5.54 Å². The molecule has 1 heterocycles. The van der Waals surface area contributed by atoms with Crippen molar-refractivity contribution in [1.29, 1.82) is 0 Å². The van der Waals surface area contributed by atoms with Gasteiger partial charge in [0.05, 0.1) is 0 Å². The topological polar surface area (TPSA) is 65.2 Å². The van der Waals surface area contributed by atoms with E-state index in [1.807, 2.05) is 44.0 Å². The van der Waals surface area contributed by atoms with Crippen molar-refractivity contribution >= 4 is 22.7 Å². The Hall–Kier alpha value is -2.30. The van der Waals surface area contributed by atoms with Crippen LogP contribution in [0.15, 0.2) is 30.5 Å². The third kappa shape index (κ3) is 4.02. The second kappa shape index (κ2) is 7.37. The number of rotatable bonds is 5. The molecular formula is C22H31N3O2. The monoisotopic (exact) mass is 369 g/mol. The molecule has 3 rings (SSSR count). The van der Waals surface area contributed by atoms with Gasteiger partial charge in [0.1, 0.15) is 5.54 Å². The van der Waals surface area contributed by atoms with Crippen molar-refractivity contribution < 1.29 is 9.59 Å². The number of carbonyl (C=O) groups is 2. The number of carbonyl (C=O) groups excluding carboxylic acids is 2. The van der Waals surface area contributed by atoms with Crippen molar-refractivity contribution in [2.24, 2.45) is 0 Å². The van der Waals surface area contributed by atoms with Crippen LogP contribution in [0.5, 0.6) is 0 Å². The zero-order valence-electron chi connectivity index (χ0n) is 16.9. The minimum Gasteiger partial charge on any atom is -0.361 e. The summed E-state index contributed by atoms with van der Waals surface area (Å²) in [5, 5.41) is 4.30. The van der Waals surface area contributed by atoms with Crippen molar-refractivity contribution in [3.63, 3.8) is 0 Å². The molecule has 1 aliphatic carbocycles. The quantitative estimate of drug-likeness (QED) is 0.842. The molecule has 1 saturated carbocycles. The highest BCUT2D eigenvalue weighted by atomic mass is 16.2. The lowest BCUT2D eigenvalue weighted by Gasteiger charge is -2.41. The number of aromatic amines is 1. The van der Waals surface area contributed by atoms with Crippen molar-refractivity contribution in [2.75, 3.05) is 6.54 Å². The Morgan fingerprint density at radius 1 is 1.19 bits per heavy atom. The van der Waals surface area contributed by atoms with Gasteiger partial charge in [0.25, 0.3) is 0 Å². The molecule has 1 aromatic carbocycles. The number of fused-ring (bicyclic) bond motifs is 1. The number of hydrogen-bond donors (Lipinski definition) is 2. The fourth-order valence-electron chi connectivity index (χ4n) is 4.28. The summed E-state index contributed by atoms with van der Waals surface area (Å²) in [6.07, 6.45) is 6.18. The third-order valence-corrected chi connectivity index (χ3v) is 5.52. The van der Waals surface area contributed by atoms with Gasteiger partial charge in [-0.3, -0.25) is 9.59 Å². The Morgan fingerprint density at radius 3 is 2.48 bits per heavy atom. The molecular weight excluding hydrogens is 338 g/mol. The van der Waals surface area contributed by atoms with Gasteiger partial charge in [0.2, 0.25) is 11.8 Å². The van der Waals surface area contributed by atoms with E-state index in [2.05, 4.69) is 22.4 Å². The van der Waals surface area contributed by atoms with Crippen molar-refractivity contribution in [3.05, 3.63) is 36.0 Å². The van der Waals surface area contributed by atoms with Crippen molar-refractivity contribution in [3.8, 4) is 0 Å². The molecule has 0 radical (unpaired) electrons. The highest BCUT2D eigenvalue weighted by molar-refractivity contribution is 5.91. The smallest absolute Gasteiger partial charge is 0.246 e. The Bertz CT molecular complexity index is 825. The molecule has 1 aliphatic rings. The second-order valence-electron chi connectivity index (χ2n) is 8.72. The van der Waals surface area contributed by atoms with Crippen molar-refractivity contribution in [1.82, 2.24) is 15.2 Å². The number of nitrogens with one attached hydrogen (secondary N) is 2. The van der Waals surface area contributed by atoms with E-state index in [9.17, 15) is 9.59 Å². The van der Waals surface area contributed by atoms with E-state index in [0.717, 1.165) is 37.6 Å². The molecule has 1 fully saturated rings. The normalized spacial score (nSPS) is 16.4. The largest absolute Gasteiger partial charge is 0.361 e. The van der Waals surface area contributed by atoms with Crippen LogP contribution in [0.3, 0.4) is 0 Å². The van der Waals surface area contributed by atoms with Gasteiger partial charge in [-0.2, -0.15) is 0 Å². The van der Waals surface area contributed by atoms with E-state index in [1.165, 1.54) is 10.9 Å². The van der Waals surface area contributed by atoms with Gasteiger partial charge in [0.15, 0.2) is 0 Å². The lowest BCUT2D eigenvalue weighted by atomic mass is 9.91. The third-order valence-electron chi connectivity index (χ3n) is 5.52. The van der Waals surface area contributed by atoms with Gasteiger partial charge in [-0.15, -0.1) is 0 Å². The maximum atomic E-state index is 13.2. The molecule has 27 heavy (non-hydrogen) atoms. The fraction of sp³-hybridized carbons (Fsp3) is 0.545. The van der Waals surface area contributed by atoms with Crippen molar-refractivity contribution in [2.45, 2.75) is 70.9 Å². The summed E-state index contributed by atoms with van der Waals surface area (Å²) in [5.74, 6) is -0.0394. The van der Waals surface area contributed by atoms with E-state index in [-0.39, 0.29) is 17.4 Å². The van der Waals surface area contributed by atoms with Crippen LogP contribution in [0.1, 0.15) is 58.9 Å². The zero-order valence-corrected chi connectivity index (χ0v) is 16.9. The van der Waals surface area contributed by atoms with Crippen LogP contribution in [-0.4, -0.2) is 39.3 Å². The second-order valence-corrected chi connectivity index (χ2v) is 8.72. The van der Waals surface area contributed by atoms with Gasteiger partial charge in [0, 0.05) is 36.1 Å².